The quantitative estimate of drug-likeness (QED) is 0.781. The second-order valence-corrected chi connectivity index (χ2v) is 4.70. The van der Waals surface area contributed by atoms with E-state index in [9.17, 15) is 31.1 Å². The minimum Gasteiger partial charge on any atom is -0.355 e. The lowest BCUT2D eigenvalue weighted by molar-refractivity contribution is -0.274. The fourth-order valence-electron chi connectivity index (χ4n) is 2.13. The summed E-state index contributed by atoms with van der Waals surface area (Å²) in [5, 5.41) is 1.72. The number of halogens is 6. The molecule has 0 aromatic carbocycles. The van der Waals surface area contributed by atoms with E-state index in [0.717, 1.165) is 0 Å². The van der Waals surface area contributed by atoms with E-state index in [-0.39, 0.29) is 18.5 Å². The molecule has 2 atom stereocenters. The van der Waals surface area contributed by atoms with Crippen molar-refractivity contribution in [1.29, 1.82) is 0 Å². The lowest BCUT2D eigenvalue weighted by atomic mass is 10.1. The van der Waals surface area contributed by atoms with Gasteiger partial charge in [0.15, 0.2) is 0 Å². The lowest BCUT2D eigenvalue weighted by Gasteiger charge is -2.22. The lowest BCUT2D eigenvalue weighted by Crippen LogP contribution is -2.48. The molecular weight excluding hydrogens is 278 g/mol. The van der Waals surface area contributed by atoms with Gasteiger partial charge in [0.2, 0.25) is 11.8 Å². The van der Waals surface area contributed by atoms with E-state index in [1.165, 1.54) is 0 Å². The average molecular weight is 292 g/mol. The molecule has 1 amide bonds. The van der Waals surface area contributed by atoms with Gasteiger partial charge in [0, 0.05) is 12.6 Å². The molecule has 1 aliphatic rings. The van der Waals surface area contributed by atoms with Gasteiger partial charge in [-0.2, -0.15) is 26.3 Å². The maximum absolute atomic E-state index is 12.2. The van der Waals surface area contributed by atoms with Crippen LogP contribution in [0.1, 0.15) is 19.3 Å². The monoisotopic (exact) mass is 292 g/mol. The van der Waals surface area contributed by atoms with Crippen molar-refractivity contribution < 1.29 is 31.1 Å². The number of carbonyl (C=O) groups is 1. The second kappa shape index (κ2) is 5.56. The molecule has 2 unspecified atom stereocenters. The van der Waals surface area contributed by atoms with E-state index in [1.54, 1.807) is 5.32 Å². The molecule has 9 heteroatoms. The van der Waals surface area contributed by atoms with Crippen molar-refractivity contribution in [3.05, 3.63) is 0 Å². The second-order valence-electron chi connectivity index (χ2n) is 4.70. The number of nitrogens with one attached hydrogen (secondary N) is 1. The highest BCUT2D eigenvalue weighted by Gasteiger charge is 2.61. The minimum absolute atomic E-state index is 0.108. The van der Waals surface area contributed by atoms with Crippen LogP contribution in [-0.2, 0) is 4.79 Å². The molecule has 0 bridgehead atoms. The fraction of sp³-hybridized carbons (Fsp3) is 0.900. The summed E-state index contributed by atoms with van der Waals surface area (Å²) in [5.74, 6) is -6.20. The van der Waals surface area contributed by atoms with Crippen molar-refractivity contribution in [1.82, 2.24) is 5.32 Å². The number of rotatable bonds is 3. The molecule has 3 N–H and O–H groups in total. The smallest absolute Gasteiger partial charge is 0.355 e. The van der Waals surface area contributed by atoms with Crippen LogP contribution in [0.3, 0.4) is 0 Å². The number of nitrogens with two attached hydrogens (primary N) is 1. The number of hydrogen-bond donors (Lipinski definition) is 2. The summed E-state index contributed by atoms with van der Waals surface area (Å²) in [5.41, 5.74) is 5.56. The van der Waals surface area contributed by atoms with Gasteiger partial charge in [-0.15, -0.1) is 0 Å². The Bertz CT molecular complexity index is 313. The Labute approximate surface area is 105 Å². The SMILES string of the molecule is NC1CCC(CNC(=O)C(C(F)(F)F)C(F)(F)F)C1. The van der Waals surface area contributed by atoms with E-state index in [1.807, 2.05) is 0 Å². The predicted octanol–water partition coefficient (Wildman–Crippen LogP) is 1.97. The summed E-state index contributed by atoms with van der Waals surface area (Å²) in [6.45, 7) is -0.213. The number of hydrogen-bond acceptors (Lipinski definition) is 2. The molecule has 0 saturated heterocycles. The van der Waals surface area contributed by atoms with Crippen LogP contribution in [-0.4, -0.2) is 30.8 Å². The molecule has 1 saturated carbocycles. The van der Waals surface area contributed by atoms with Crippen LogP contribution < -0.4 is 11.1 Å². The third-order valence-corrected chi connectivity index (χ3v) is 3.06. The van der Waals surface area contributed by atoms with E-state index >= 15 is 0 Å². The van der Waals surface area contributed by atoms with Gasteiger partial charge in [0.25, 0.3) is 0 Å². The van der Waals surface area contributed by atoms with E-state index in [4.69, 9.17) is 5.73 Å². The Morgan fingerprint density at radius 1 is 1.16 bits per heavy atom. The molecule has 0 spiro atoms. The van der Waals surface area contributed by atoms with Crippen LogP contribution in [0.15, 0.2) is 0 Å². The minimum atomic E-state index is -5.64. The molecule has 1 rings (SSSR count). The Kier molecular flexibility index (Phi) is 4.70. The summed E-state index contributed by atoms with van der Waals surface area (Å²) in [7, 11) is 0. The number of amides is 1. The van der Waals surface area contributed by atoms with E-state index < -0.39 is 24.2 Å². The Balaban J connectivity index is 2.59. The third kappa shape index (κ3) is 4.55. The predicted molar refractivity (Wildman–Crippen MR) is 53.9 cm³/mol. The zero-order valence-electron chi connectivity index (χ0n) is 9.81. The van der Waals surface area contributed by atoms with Crippen LogP contribution in [0.2, 0.25) is 0 Å². The highest BCUT2D eigenvalue weighted by molar-refractivity contribution is 5.80. The summed E-state index contributed by atoms with van der Waals surface area (Å²) in [4.78, 5) is 11.1. The van der Waals surface area contributed by atoms with Gasteiger partial charge in [-0.05, 0) is 25.2 Å². The molecule has 3 nitrogen and oxygen atoms in total. The molecule has 1 fully saturated rings. The molecule has 0 aliphatic heterocycles. The van der Waals surface area contributed by atoms with Crippen LogP contribution >= 0.6 is 0 Å². The normalized spacial score (nSPS) is 24.8. The van der Waals surface area contributed by atoms with Crippen LogP contribution in [0, 0.1) is 11.8 Å². The maximum atomic E-state index is 12.2. The molecule has 19 heavy (non-hydrogen) atoms. The molecule has 1 aliphatic carbocycles. The largest absolute Gasteiger partial charge is 0.409 e. The molecule has 0 aromatic rings. The van der Waals surface area contributed by atoms with Crippen molar-refractivity contribution in [2.75, 3.05) is 6.54 Å². The van der Waals surface area contributed by atoms with Crippen molar-refractivity contribution in [2.24, 2.45) is 17.6 Å². The van der Waals surface area contributed by atoms with Gasteiger partial charge in [-0.1, -0.05) is 0 Å². The number of carbonyl (C=O) groups excluding carboxylic acids is 1. The van der Waals surface area contributed by atoms with E-state index in [2.05, 4.69) is 0 Å². The maximum Gasteiger partial charge on any atom is 0.409 e. The first-order valence-electron chi connectivity index (χ1n) is 5.68. The molecular formula is C10H14F6N2O. The summed E-state index contributed by atoms with van der Waals surface area (Å²) in [6.07, 6.45) is -9.56. The first-order valence-corrected chi connectivity index (χ1v) is 5.68. The van der Waals surface area contributed by atoms with Crippen LogP contribution in [0.4, 0.5) is 26.3 Å². The van der Waals surface area contributed by atoms with Crippen LogP contribution in [0.5, 0.6) is 0 Å². The topological polar surface area (TPSA) is 55.1 Å². The van der Waals surface area contributed by atoms with Crippen molar-refractivity contribution in [3.8, 4) is 0 Å². The highest BCUT2D eigenvalue weighted by Crippen LogP contribution is 2.39. The van der Waals surface area contributed by atoms with E-state index in [0.29, 0.717) is 19.3 Å². The zero-order chi connectivity index (χ0) is 14.8. The average Bonchev–Trinajstić information content (AvgIpc) is 2.56. The molecule has 0 aromatic heterocycles. The Hall–Kier alpha value is -0.990. The van der Waals surface area contributed by atoms with Gasteiger partial charge < -0.3 is 11.1 Å². The van der Waals surface area contributed by atoms with Gasteiger partial charge in [0.1, 0.15) is 0 Å². The van der Waals surface area contributed by atoms with Crippen molar-refractivity contribution in [2.45, 2.75) is 37.7 Å². The standard InChI is InChI=1S/C10H14F6N2O/c11-9(12,13)7(10(14,15)16)8(19)18-4-5-1-2-6(17)3-5/h5-7H,1-4,17H2,(H,18,19). The molecule has 112 valence electrons. The fourth-order valence-corrected chi connectivity index (χ4v) is 2.13. The third-order valence-electron chi connectivity index (χ3n) is 3.06. The van der Waals surface area contributed by atoms with Gasteiger partial charge in [-0.3, -0.25) is 4.79 Å². The first-order chi connectivity index (χ1) is 8.51. The zero-order valence-corrected chi connectivity index (χ0v) is 9.81. The van der Waals surface area contributed by atoms with Crippen molar-refractivity contribution in [3.63, 3.8) is 0 Å². The van der Waals surface area contributed by atoms with Crippen molar-refractivity contribution >= 4 is 5.91 Å². The first kappa shape index (κ1) is 16.1. The summed E-state index contributed by atoms with van der Waals surface area (Å²) in [6, 6.07) is -0.108. The Morgan fingerprint density at radius 3 is 2.05 bits per heavy atom. The van der Waals surface area contributed by atoms with Crippen LogP contribution in [0.25, 0.3) is 0 Å². The summed E-state index contributed by atoms with van der Waals surface area (Å²) < 4.78 is 73.4. The number of alkyl halides is 6. The highest BCUT2D eigenvalue weighted by atomic mass is 19.4. The van der Waals surface area contributed by atoms with Gasteiger partial charge in [-0.25, -0.2) is 0 Å². The Morgan fingerprint density at radius 2 is 1.68 bits per heavy atom. The molecule has 0 heterocycles. The summed E-state index contributed by atoms with van der Waals surface area (Å²) >= 11 is 0. The van der Waals surface area contributed by atoms with Gasteiger partial charge >= 0.3 is 12.4 Å². The van der Waals surface area contributed by atoms with Gasteiger partial charge in [0.05, 0.1) is 0 Å². The molecule has 0 radical (unpaired) electrons.